The zero-order valence-electron chi connectivity index (χ0n) is 27.5. The number of allylic oxidation sites excluding steroid dienone is 1. The summed E-state index contributed by atoms with van der Waals surface area (Å²) in [5, 5.41) is 50.8. The molecule has 11 nitrogen and oxygen atoms in total. The molecule has 252 valence electrons. The van der Waals surface area contributed by atoms with Gasteiger partial charge in [0.1, 0.15) is 34.9 Å². The van der Waals surface area contributed by atoms with Crippen molar-refractivity contribution in [1.29, 1.82) is 0 Å². The Balaban J connectivity index is 1.36. The molecule has 9 rings (SSSR count). The van der Waals surface area contributed by atoms with E-state index in [0.717, 1.165) is 0 Å². The smallest absolute Gasteiger partial charge is 0.335 e. The summed E-state index contributed by atoms with van der Waals surface area (Å²) < 4.78 is 17.7. The Kier molecular flexibility index (Phi) is 5.01. The van der Waals surface area contributed by atoms with Gasteiger partial charge in [0.2, 0.25) is 0 Å². The van der Waals surface area contributed by atoms with Crippen molar-refractivity contribution in [2.24, 2.45) is 57.2 Å². The lowest BCUT2D eigenvalue weighted by Gasteiger charge is -2.69. The van der Waals surface area contributed by atoms with Gasteiger partial charge in [-0.3, -0.25) is 9.59 Å². The minimum Gasteiger partial charge on any atom is -0.468 e. The van der Waals surface area contributed by atoms with Crippen LogP contribution in [0.5, 0.6) is 0 Å². The SMILES string of the molecule is C=C1C(=O)O[C@]23C4=C5C(=O)[C@H](O)[C@@]6(C)[C@@H]7C[C@@H]7[C@@](O)(C[C@H]2[C@@]2(C)[C@@H]7C[C@@H]7[C@@](O)(COC(=O)/C(C)=C/C)[C@@H]2C[C@]13[C@@]5(C)C(=O)OC)[C@@]46O. The number of aliphatic hydroxyl groups excluding tert-OH is 1. The molecule has 0 amide bonds. The standard InChI is InChI=1S/C36H42O11/c1-8-14(2)26(39)46-13-32(42)18-9-16(18)29(4)20(32)11-33-15(3)27(40)47-35(33)21(29)12-34(43)19-10-17(19)30(5)25(38)23(37)22(24(35)36(30,34)44)31(33,6)28(41)45-7/h8,16-21,25,38,42-44H,3,9-13H2,1-2,4-7H3/b14-8+/t16-,17-,18+,19+,20-,21+,25+,29+,30-,31-,32+,33-,34+,35+,36-/m1/s1. The second kappa shape index (κ2) is 7.79. The van der Waals surface area contributed by atoms with E-state index in [2.05, 4.69) is 6.58 Å². The molecule has 0 unspecified atom stereocenters. The highest BCUT2D eigenvalue weighted by Gasteiger charge is 2.99. The molecule has 11 heteroatoms. The largest absolute Gasteiger partial charge is 0.468 e. The number of aliphatic hydroxyl groups is 4. The Hall–Kier alpha value is -2.86. The number of methoxy groups -OCH3 is 1. The van der Waals surface area contributed by atoms with Crippen LogP contribution in [0.15, 0.2) is 34.9 Å². The molecule has 0 aromatic carbocycles. The van der Waals surface area contributed by atoms with E-state index in [1.807, 2.05) is 6.92 Å². The topological polar surface area (TPSA) is 177 Å². The van der Waals surface area contributed by atoms with E-state index in [1.165, 1.54) is 14.0 Å². The number of hydrogen-bond acceptors (Lipinski definition) is 11. The molecule has 1 saturated heterocycles. The first-order chi connectivity index (χ1) is 21.8. The van der Waals surface area contributed by atoms with Gasteiger partial charge in [-0.1, -0.05) is 26.5 Å². The van der Waals surface area contributed by atoms with Gasteiger partial charge in [0.25, 0.3) is 0 Å². The van der Waals surface area contributed by atoms with Gasteiger partial charge in [-0.05, 0) is 81.5 Å². The van der Waals surface area contributed by atoms with Gasteiger partial charge in [0, 0.05) is 33.6 Å². The van der Waals surface area contributed by atoms with Crippen LogP contribution in [-0.2, 0) is 33.4 Å². The average Bonchev–Trinajstić information content (AvgIpc) is 3.95. The van der Waals surface area contributed by atoms with Crippen LogP contribution in [0.1, 0.15) is 60.3 Å². The molecule has 47 heavy (non-hydrogen) atoms. The number of carbonyl (C=O) groups is 4. The summed E-state index contributed by atoms with van der Waals surface area (Å²) in [6.07, 6.45) is 0.835. The van der Waals surface area contributed by atoms with E-state index in [0.29, 0.717) is 18.4 Å². The van der Waals surface area contributed by atoms with E-state index in [9.17, 15) is 39.6 Å². The molecule has 0 bridgehead atoms. The Morgan fingerprint density at radius 3 is 2.32 bits per heavy atom. The Bertz CT molecular complexity index is 1760. The summed E-state index contributed by atoms with van der Waals surface area (Å²) in [6.45, 7) is 12.3. The molecule has 9 aliphatic rings. The fraction of sp³-hybridized carbons (Fsp3) is 0.722. The lowest BCUT2D eigenvalue weighted by molar-refractivity contribution is -0.289. The molecule has 0 radical (unpaired) electrons. The van der Waals surface area contributed by atoms with Crippen LogP contribution >= 0.6 is 0 Å². The fourth-order valence-electron chi connectivity index (χ4n) is 14.0. The number of Topliss-reactive ketones (excluding diaryl/α,β-unsaturated/α-hetero) is 1. The first kappa shape index (κ1) is 30.2. The van der Waals surface area contributed by atoms with Gasteiger partial charge >= 0.3 is 17.9 Å². The van der Waals surface area contributed by atoms with Crippen molar-refractivity contribution < 1.29 is 53.8 Å². The number of rotatable bonds is 4. The Morgan fingerprint density at radius 1 is 1.02 bits per heavy atom. The van der Waals surface area contributed by atoms with Gasteiger partial charge in [-0.2, -0.15) is 0 Å². The number of ketones is 1. The maximum Gasteiger partial charge on any atom is 0.335 e. The minimum absolute atomic E-state index is 0.0103. The molecular weight excluding hydrogens is 608 g/mol. The number of esters is 3. The van der Waals surface area contributed by atoms with Gasteiger partial charge < -0.3 is 34.6 Å². The van der Waals surface area contributed by atoms with E-state index in [1.54, 1.807) is 26.8 Å². The molecule has 8 aliphatic carbocycles. The van der Waals surface area contributed by atoms with Gasteiger partial charge in [0.05, 0.1) is 12.5 Å². The third-order valence-electron chi connectivity index (χ3n) is 16.3. The minimum atomic E-state index is -2.21. The molecule has 1 aliphatic heterocycles. The second-order valence-corrected chi connectivity index (χ2v) is 16.9. The number of ether oxygens (including phenoxy) is 3. The summed E-state index contributed by atoms with van der Waals surface area (Å²) in [5.41, 5.74) is -13.4. The first-order valence-corrected chi connectivity index (χ1v) is 16.8. The third kappa shape index (κ3) is 2.41. The van der Waals surface area contributed by atoms with Crippen molar-refractivity contribution in [3.05, 3.63) is 34.9 Å². The number of hydrogen-bond donors (Lipinski definition) is 4. The van der Waals surface area contributed by atoms with Gasteiger partial charge in [-0.15, -0.1) is 0 Å². The van der Waals surface area contributed by atoms with Crippen LogP contribution in [0.25, 0.3) is 0 Å². The molecule has 6 saturated carbocycles. The van der Waals surface area contributed by atoms with Crippen LogP contribution in [0.2, 0.25) is 0 Å². The quantitative estimate of drug-likeness (QED) is 0.196. The molecule has 7 fully saturated rings. The molecule has 15 atom stereocenters. The summed E-state index contributed by atoms with van der Waals surface area (Å²) >= 11 is 0. The average molecular weight is 651 g/mol. The monoisotopic (exact) mass is 650 g/mol. The summed E-state index contributed by atoms with van der Waals surface area (Å²) in [4.78, 5) is 56.0. The summed E-state index contributed by atoms with van der Waals surface area (Å²) in [5.74, 6) is -5.73. The molecular formula is C36H42O11. The molecule has 4 N–H and O–H groups in total. The Labute approximate surface area is 272 Å². The lowest BCUT2D eigenvalue weighted by atomic mass is 9.36. The zero-order chi connectivity index (χ0) is 34.0. The highest BCUT2D eigenvalue weighted by Crippen LogP contribution is 2.92. The van der Waals surface area contributed by atoms with Crippen LogP contribution in [0.4, 0.5) is 0 Å². The van der Waals surface area contributed by atoms with Crippen molar-refractivity contribution in [2.75, 3.05) is 13.7 Å². The van der Waals surface area contributed by atoms with E-state index in [4.69, 9.17) is 14.2 Å². The molecule has 0 aromatic heterocycles. The molecule has 1 heterocycles. The Morgan fingerprint density at radius 2 is 1.68 bits per heavy atom. The van der Waals surface area contributed by atoms with Crippen molar-refractivity contribution in [1.82, 2.24) is 0 Å². The number of carbonyl (C=O) groups excluding carboxylic acids is 4. The third-order valence-corrected chi connectivity index (χ3v) is 16.3. The summed E-state index contributed by atoms with van der Waals surface area (Å²) in [6, 6.07) is 0. The highest BCUT2D eigenvalue weighted by atomic mass is 16.6. The number of fused-ring (bicyclic) bond motifs is 7. The van der Waals surface area contributed by atoms with Crippen molar-refractivity contribution >= 4 is 23.7 Å². The maximum atomic E-state index is 14.7. The second-order valence-electron chi connectivity index (χ2n) is 16.9. The van der Waals surface area contributed by atoms with Crippen LogP contribution in [0.3, 0.4) is 0 Å². The fourth-order valence-corrected chi connectivity index (χ4v) is 14.0. The highest BCUT2D eigenvalue weighted by molar-refractivity contribution is 6.13. The maximum absolute atomic E-state index is 14.7. The molecule has 1 spiro atoms. The van der Waals surface area contributed by atoms with Crippen molar-refractivity contribution in [2.45, 2.75) is 88.8 Å². The van der Waals surface area contributed by atoms with E-state index >= 15 is 0 Å². The summed E-state index contributed by atoms with van der Waals surface area (Å²) in [7, 11) is 1.17. The van der Waals surface area contributed by atoms with Crippen molar-refractivity contribution in [3.63, 3.8) is 0 Å². The van der Waals surface area contributed by atoms with Crippen LogP contribution < -0.4 is 0 Å². The van der Waals surface area contributed by atoms with Gasteiger partial charge in [0.15, 0.2) is 11.4 Å². The normalized spacial score (nSPS) is 58.3. The predicted octanol–water partition coefficient (Wildman–Crippen LogP) is 1.31. The van der Waals surface area contributed by atoms with Gasteiger partial charge in [-0.25, -0.2) is 9.59 Å². The van der Waals surface area contributed by atoms with E-state index in [-0.39, 0.29) is 48.0 Å². The van der Waals surface area contributed by atoms with Crippen LogP contribution in [0, 0.1) is 57.2 Å². The lowest BCUT2D eigenvalue weighted by Crippen LogP contribution is -2.79. The predicted molar refractivity (Wildman–Crippen MR) is 159 cm³/mol. The van der Waals surface area contributed by atoms with E-state index < -0.39 is 97.5 Å². The van der Waals surface area contributed by atoms with Crippen molar-refractivity contribution in [3.8, 4) is 0 Å². The molecule has 0 aromatic rings. The zero-order valence-corrected chi connectivity index (χ0v) is 27.5. The van der Waals surface area contributed by atoms with Crippen LogP contribution in [-0.4, -0.2) is 86.3 Å². The first-order valence-electron chi connectivity index (χ1n) is 16.8.